The minimum absolute atomic E-state index is 0. The topological polar surface area (TPSA) is 93.5 Å². The summed E-state index contributed by atoms with van der Waals surface area (Å²) in [4.78, 5) is 0. The van der Waals surface area contributed by atoms with E-state index in [1.165, 1.54) is 25.7 Å². The van der Waals surface area contributed by atoms with Gasteiger partial charge < -0.3 is 33.3 Å². The molecule has 3 saturated heterocycles. The number of epoxide rings is 2. The van der Waals surface area contributed by atoms with Gasteiger partial charge in [-0.3, -0.25) is 0 Å². The predicted octanol–water partition coefficient (Wildman–Crippen LogP) is 3.41. The Bertz CT molecular complexity index is 420. The van der Waals surface area contributed by atoms with E-state index in [9.17, 15) is 0 Å². The summed E-state index contributed by atoms with van der Waals surface area (Å²) in [6, 6.07) is 1.09. The van der Waals surface area contributed by atoms with Crippen molar-refractivity contribution in [2.24, 2.45) is 5.92 Å². The van der Waals surface area contributed by atoms with Crippen LogP contribution in [0.2, 0.25) is 6.04 Å². The van der Waals surface area contributed by atoms with Gasteiger partial charge in [-0.25, -0.2) is 0 Å². The second kappa shape index (κ2) is 14.2. The predicted molar refractivity (Wildman–Crippen MR) is 120 cm³/mol. The maximum Gasteiger partial charge on any atom is 0.371 e. The lowest BCUT2D eigenvalue weighted by Crippen LogP contribution is -2.69. The van der Waals surface area contributed by atoms with Gasteiger partial charge in [0, 0.05) is 19.8 Å². The molecule has 2 N–H and O–H groups in total. The van der Waals surface area contributed by atoms with E-state index in [0.717, 1.165) is 58.7 Å². The van der Waals surface area contributed by atoms with Crippen molar-refractivity contribution in [3.8, 4) is 0 Å². The smallest absolute Gasteiger partial charge is 0.371 e. The van der Waals surface area contributed by atoms with Gasteiger partial charge in [0.15, 0.2) is 0 Å². The number of ether oxygens (including phenoxy) is 4. The van der Waals surface area contributed by atoms with Crippen molar-refractivity contribution < 1.29 is 33.3 Å². The molecule has 3 rings (SSSR count). The first kappa shape index (κ1) is 28.0. The van der Waals surface area contributed by atoms with Gasteiger partial charge in [-0.2, -0.15) is 0 Å². The number of hydrogen-bond donors (Lipinski definition) is 0. The molecule has 0 saturated carbocycles. The van der Waals surface area contributed by atoms with Crippen LogP contribution in [0.15, 0.2) is 0 Å². The highest BCUT2D eigenvalue weighted by atomic mass is 28.4. The van der Waals surface area contributed by atoms with Gasteiger partial charge in [-0.05, 0) is 52.0 Å². The molecule has 30 heavy (non-hydrogen) atoms. The summed E-state index contributed by atoms with van der Waals surface area (Å²) < 4.78 is 34.2. The Hall–Kier alpha value is -0.0631. The minimum Gasteiger partial charge on any atom is -0.412 e. The molecule has 0 aromatic carbocycles. The Morgan fingerprint density at radius 3 is 1.87 bits per heavy atom. The van der Waals surface area contributed by atoms with E-state index in [0.29, 0.717) is 18.1 Å². The molecule has 0 aliphatic carbocycles. The fourth-order valence-electron chi connectivity index (χ4n) is 4.76. The van der Waals surface area contributed by atoms with E-state index >= 15 is 0 Å². The zero-order valence-electron chi connectivity index (χ0n) is 19.9. The Morgan fingerprint density at radius 2 is 1.47 bits per heavy atom. The SMILES string of the molecule is C(OCC1CO1)C1CO1.CCCC1CCC[Si](OCC)(OCC)C1(CC)OCC.O. The van der Waals surface area contributed by atoms with E-state index in [-0.39, 0.29) is 10.7 Å². The minimum atomic E-state index is -2.31. The average Bonchev–Trinajstić information content (AvgIpc) is 3.62. The second-order valence-electron chi connectivity index (χ2n) is 8.12. The van der Waals surface area contributed by atoms with Gasteiger partial charge in [0.2, 0.25) is 0 Å². The maximum absolute atomic E-state index is 6.42. The molecule has 0 aromatic rings. The highest BCUT2D eigenvalue weighted by molar-refractivity contribution is 6.71. The maximum atomic E-state index is 6.42. The molecule has 0 bridgehead atoms. The molecule has 3 heterocycles. The van der Waals surface area contributed by atoms with Crippen LogP contribution in [0.3, 0.4) is 0 Å². The van der Waals surface area contributed by atoms with E-state index in [1.54, 1.807) is 0 Å². The summed E-state index contributed by atoms with van der Waals surface area (Å²) in [5.74, 6) is 0.593. The van der Waals surface area contributed by atoms with Crippen molar-refractivity contribution in [3.63, 3.8) is 0 Å². The van der Waals surface area contributed by atoms with Gasteiger partial charge in [-0.1, -0.05) is 26.7 Å². The lowest BCUT2D eigenvalue weighted by molar-refractivity contribution is -0.0792. The fraction of sp³-hybridized carbons (Fsp3) is 1.00. The molecule has 7 nitrogen and oxygen atoms in total. The van der Waals surface area contributed by atoms with Crippen LogP contribution in [0.1, 0.15) is 66.7 Å². The first-order valence-electron chi connectivity index (χ1n) is 11.8. The molecular formula is C22H46O7Si. The molecule has 0 amide bonds. The van der Waals surface area contributed by atoms with Crippen molar-refractivity contribution in [1.29, 1.82) is 0 Å². The third-order valence-electron chi connectivity index (χ3n) is 6.09. The Morgan fingerprint density at radius 1 is 0.900 bits per heavy atom. The van der Waals surface area contributed by atoms with Crippen LogP contribution in [-0.4, -0.2) is 77.7 Å². The molecule has 0 spiro atoms. The molecule has 4 unspecified atom stereocenters. The molecule has 180 valence electrons. The molecule has 3 fully saturated rings. The third-order valence-corrected chi connectivity index (χ3v) is 10.8. The van der Waals surface area contributed by atoms with Crippen molar-refractivity contribution >= 4 is 8.56 Å². The van der Waals surface area contributed by atoms with E-state index in [4.69, 9.17) is 27.8 Å². The summed E-state index contributed by atoms with van der Waals surface area (Å²) in [6.45, 7) is 16.3. The van der Waals surface area contributed by atoms with Crippen LogP contribution in [0, 0.1) is 5.92 Å². The molecule has 3 aliphatic rings. The Labute approximate surface area is 184 Å². The third kappa shape index (κ3) is 7.51. The van der Waals surface area contributed by atoms with Gasteiger partial charge in [-0.15, -0.1) is 0 Å². The first-order valence-corrected chi connectivity index (χ1v) is 13.9. The molecule has 0 radical (unpaired) electrons. The van der Waals surface area contributed by atoms with Crippen LogP contribution in [0.4, 0.5) is 0 Å². The largest absolute Gasteiger partial charge is 0.412 e. The molecule has 4 atom stereocenters. The standard InChI is InChI=1S/C16H34O3Si.C6H10O3.H2O/c1-6-12-15-13-11-14-20(18-9-4,19-10-5)16(15,7-2)17-8-3;1(5-3-8-5)7-2-6-4-9-6;/h15H,6-14H2,1-5H3;5-6H,1-4H2;1H2. The van der Waals surface area contributed by atoms with Crippen LogP contribution in [0.25, 0.3) is 0 Å². The van der Waals surface area contributed by atoms with E-state index in [2.05, 4.69) is 34.6 Å². The highest BCUT2D eigenvalue weighted by Gasteiger charge is 2.62. The van der Waals surface area contributed by atoms with Crippen molar-refractivity contribution in [1.82, 2.24) is 0 Å². The lowest BCUT2D eigenvalue weighted by atomic mass is 9.89. The molecule has 3 aliphatic heterocycles. The molecule has 8 heteroatoms. The van der Waals surface area contributed by atoms with Crippen molar-refractivity contribution in [3.05, 3.63) is 0 Å². The van der Waals surface area contributed by atoms with Gasteiger partial charge in [0.25, 0.3) is 0 Å². The normalized spacial score (nSPS) is 31.3. The molecule has 0 aromatic heterocycles. The quantitative estimate of drug-likeness (QED) is 0.315. The average molecular weight is 451 g/mol. The van der Waals surface area contributed by atoms with Crippen molar-refractivity contribution in [2.45, 2.75) is 90.2 Å². The summed E-state index contributed by atoms with van der Waals surface area (Å²) in [5, 5.41) is -0.151. The van der Waals surface area contributed by atoms with Gasteiger partial charge in [0.1, 0.15) is 17.4 Å². The number of hydrogen-bond acceptors (Lipinski definition) is 6. The van der Waals surface area contributed by atoms with Crippen LogP contribution < -0.4 is 0 Å². The van der Waals surface area contributed by atoms with Crippen molar-refractivity contribution in [2.75, 3.05) is 46.2 Å². The zero-order chi connectivity index (χ0) is 21.2. The van der Waals surface area contributed by atoms with Gasteiger partial charge in [0.05, 0.1) is 26.4 Å². The fourth-order valence-corrected chi connectivity index (χ4v) is 9.46. The monoisotopic (exact) mass is 450 g/mol. The highest BCUT2D eigenvalue weighted by Crippen LogP contribution is 2.48. The zero-order valence-corrected chi connectivity index (χ0v) is 20.9. The van der Waals surface area contributed by atoms with Crippen LogP contribution >= 0.6 is 0 Å². The Kier molecular flexibility index (Phi) is 13.2. The first-order chi connectivity index (χ1) is 14.1. The van der Waals surface area contributed by atoms with Gasteiger partial charge >= 0.3 is 8.56 Å². The summed E-state index contributed by atoms with van der Waals surface area (Å²) >= 11 is 0. The summed E-state index contributed by atoms with van der Waals surface area (Å²) in [7, 11) is -2.31. The van der Waals surface area contributed by atoms with Crippen LogP contribution in [-0.2, 0) is 27.8 Å². The number of rotatable bonds is 13. The lowest BCUT2D eigenvalue weighted by Gasteiger charge is -2.53. The van der Waals surface area contributed by atoms with E-state index < -0.39 is 8.56 Å². The van der Waals surface area contributed by atoms with E-state index in [1.807, 2.05) is 0 Å². The molecular weight excluding hydrogens is 404 g/mol. The van der Waals surface area contributed by atoms with Crippen LogP contribution in [0.5, 0.6) is 0 Å². The Balaban J connectivity index is 0.000000371. The second-order valence-corrected chi connectivity index (χ2v) is 11.6. The summed E-state index contributed by atoms with van der Waals surface area (Å²) in [6.07, 6.45) is 6.72. The summed E-state index contributed by atoms with van der Waals surface area (Å²) in [5.41, 5.74) is 0.